The van der Waals surface area contributed by atoms with E-state index in [2.05, 4.69) is 23.6 Å². The molecule has 21 heavy (non-hydrogen) atoms. The van der Waals surface area contributed by atoms with Gasteiger partial charge in [0.05, 0.1) is 18.0 Å². The van der Waals surface area contributed by atoms with Crippen molar-refractivity contribution in [3.63, 3.8) is 0 Å². The molecule has 0 aliphatic rings. The van der Waals surface area contributed by atoms with E-state index in [9.17, 15) is 4.39 Å². The molecule has 0 fully saturated rings. The topological polar surface area (TPSA) is 41.7 Å². The second-order valence-corrected chi connectivity index (χ2v) is 5.92. The number of benzene rings is 1. The predicted molar refractivity (Wildman–Crippen MR) is 87.6 cm³/mol. The number of rotatable bonds is 8. The molecule has 0 bridgehead atoms. The van der Waals surface area contributed by atoms with Crippen LogP contribution in [0.25, 0.3) is 0 Å². The van der Waals surface area contributed by atoms with E-state index in [0.717, 1.165) is 25.3 Å². The Balaban J connectivity index is 3.06. The van der Waals surface area contributed by atoms with E-state index >= 15 is 0 Å². The lowest BCUT2D eigenvalue weighted by molar-refractivity contribution is 0.321. The molecule has 4 nitrogen and oxygen atoms in total. The Bertz CT molecular complexity index is 449. The SMILES string of the molecule is CCOc1cc(N(CCN(C)C)CC(C)C)c(N)cc1F. The summed E-state index contributed by atoms with van der Waals surface area (Å²) in [4.78, 5) is 4.32. The molecule has 0 radical (unpaired) electrons. The maximum absolute atomic E-state index is 13.8. The molecule has 0 saturated heterocycles. The van der Waals surface area contributed by atoms with Gasteiger partial charge in [-0.25, -0.2) is 4.39 Å². The van der Waals surface area contributed by atoms with Gasteiger partial charge in [-0.05, 0) is 26.9 Å². The van der Waals surface area contributed by atoms with Crippen molar-refractivity contribution in [2.24, 2.45) is 5.92 Å². The first-order valence-corrected chi connectivity index (χ1v) is 7.46. The number of likely N-dealkylation sites (N-methyl/N-ethyl adjacent to an activating group) is 1. The first-order chi connectivity index (χ1) is 9.85. The zero-order valence-corrected chi connectivity index (χ0v) is 13.8. The van der Waals surface area contributed by atoms with E-state index in [0.29, 0.717) is 18.2 Å². The zero-order chi connectivity index (χ0) is 16.0. The number of anilines is 2. The Morgan fingerprint density at radius 3 is 2.43 bits per heavy atom. The van der Waals surface area contributed by atoms with Gasteiger partial charge in [0.2, 0.25) is 0 Å². The average molecular weight is 297 g/mol. The molecule has 0 heterocycles. The van der Waals surface area contributed by atoms with Crippen molar-refractivity contribution < 1.29 is 9.13 Å². The highest BCUT2D eigenvalue weighted by Crippen LogP contribution is 2.31. The Labute approximate surface area is 127 Å². The van der Waals surface area contributed by atoms with Crippen molar-refractivity contribution >= 4 is 11.4 Å². The number of hydrogen-bond acceptors (Lipinski definition) is 4. The van der Waals surface area contributed by atoms with Gasteiger partial charge in [0.25, 0.3) is 0 Å². The van der Waals surface area contributed by atoms with Crippen LogP contribution in [-0.2, 0) is 0 Å². The van der Waals surface area contributed by atoms with Gasteiger partial charge in [-0.1, -0.05) is 13.8 Å². The molecule has 2 N–H and O–H groups in total. The standard InChI is InChI=1S/C16H28FN3O/c1-6-21-16-10-15(14(18)9-13(16)17)20(11-12(2)3)8-7-19(4)5/h9-10,12H,6-8,11,18H2,1-5H3. The average Bonchev–Trinajstić information content (AvgIpc) is 2.37. The van der Waals surface area contributed by atoms with Crippen molar-refractivity contribution in [2.75, 3.05) is 51.0 Å². The summed E-state index contributed by atoms with van der Waals surface area (Å²) in [6.07, 6.45) is 0. The van der Waals surface area contributed by atoms with Crippen LogP contribution < -0.4 is 15.4 Å². The zero-order valence-electron chi connectivity index (χ0n) is 13.8. The number of nitrogen functional groups attached to an aromatic ring is 1. The summed E-state index contributed by atoms with van der Waals surface area (Å²) in [5, 5.41) is 0. The molecular formula is C16H28FN3O. The third-order valence-electron chi connectivity index (χ3n) is 3.12. The van der Waals surface area contributed by atoms with Gasteiger partial charge in [0.1, 0.15) is 0 Å². The molecule has 0 aliphatic carbocycles. The van der Waals surface area contributed by atoms with Crippen molar-refractivity contribution in [2.45, 2.75) is 20.8 Å². The molecule has 0 aromatic heterocycles. The fraction of sp³-hybridized carbons (Fsp3) is 0.625. The fourth-order valence-corrected chi connectivity index (χ4v) is 2.17. The number of nitrogens with two attached hydrogens (primary N) is 1. The van der Waals surface area contributed by atoms with Crippen LogP contribution in [0.1, 0.15) is 20.8 Å². The lowest BCUT2D eigenvalue weighted by Gasteiger charge is -2.29. The highest BCUT2D eigenvalue weighted by Gasteiger charge is 2.16. The van der Waals surface area contributed by atoms with Crippen molar-refractivity contribution in [3.8, 4) is 5.75 Å². The first-order valence-electron chi connectivity index (χ1n) is 7.46. The number of nitrogens with zero attached hydrogens (tertiary/aromatic N) is 2. The minimum Gasteiger partial charge on any atom is -0.491 e. The van der Waals surface area contributed by atoms with Gasteiger partial charge in [0.15, 0.2) is 11.6 Å². The summed E-state index contributed by atoms with van der Waals surface area (Å²) < 4.78 is 19.2. The Kier molecular flexibility index (Phi) is 6.75. The molecule has 1 aromatic carbocycles. The molecule has 120 valence electrons. The van der Waals surface area contributed by atoms with Crippen LogP contribution in [0, 0.1) is 11.7 Å². The Morgan fingerprint density at radius 1 is 1.24 bits per heavy atom. The molecular weight excluding hydrogens is 269 g/mol. The normalized spacial score (nSPS) is 11.2. The Hall–Kier alpha value is -1.49. The highest BCUT2D eigenvalue weighted by atomic mass is 19.1. The fourth-order valence-electron chi connectivity index (χ4n) is 2.17. The molecule has 0 saturated carbocycles. The second kappa shape index (κ2) is 8.08. The number of ether oxygens (including phenoxy) is 1. The molecule has 0 amide bonds. The van der Waals surface area contributed by atoms with Crippen molar-refractivity contribution in [1.82, 2.24) is 4.90 Å². The van der Waals surface area contributed by atoms with E-state index in [1.54, 1.807) is 6.07 Å². The lowest BCUT2D eigenvalue weighted by atomic mass is 10.1. The van der Waals surface area contributed by atoms with Crippen LogP contribution in [-0.4, -0.2) is 45.2 Å². The highest BCUT2D eigenvalue weighted by molar-refractivity contribution is 5.70. The van der Waals surface area contributed by atoms with Crippen LogP contribution in [0.15, 0.2) is 12.1 Å². The third kappa shape index (κ3) is 5.42. The van der Waals surface area contributed by atoms with E-state index in [4.69, 9.17) is 10.5 Å². The lowest BCUT2D eigenvalue weighted by Crippen LogP contribution is -2.35. The molecule has 5 heteroatoms. The minimum atomic E-state index is -0.407. The van der Waals surface area contributed by atoms with E-state index in [1.165, 1.54) is 6.07 Å². The van der Waals surface area contributed by atoms with Crippen LogP contribution in [0.3, 0.4) is 0 Å². The summed E-state index contributed by atoms with van der Waals surface area (Å²) in [5.41, 5.74) is 7.32. The van der Waals surface area contributed by atoms with Gasteiger partial charge in [-0.2, -0.15) is 0 Å². The van der Waals surface area contributed by atoms with Gasteiger partial charge in [-0.3, -0.25) is 0 Å². The van der Waals surface area contributed by atoms with Gasteiger partial charge in [-0.15, -0.1) is 0 Å². The third-order valence-corrected chi connectivity index (χ3v) is 3.12. The molecule has 0 atom stereocenters. The maximum Gasteiger partial charge on any atom is 0.167 e. The monoisotopic (exact) mass is 297 g/mol. The molecule has 1 aromatic rings. The number of halogens is 1. The first kappa shape index (κ1) is 17.6. The summed E-state index contributed by atoms with van der Waals surface area (Å²) in [6, 6.07) is 3.06. The van der Waals surface area contributed by atoms with Crippen LogP contribution in [0.2, 0.25) is 0 Å². The van der Waals surface area contributed by atoms with E-state index in [1.807, 2.05) is 21.0 Å². The minimum absolute atomic E-state index is 0.264. The molecule has 1 rings (SSSR count). The maximum atomic E-state index is 13.8. The van der Waals surface area contributed by atoms with Crippen LogP contribution in [0.4, 0.5) is 15.8 Å². The predicted octanol–water partition coefficient (Wildman–Crippen LogP) is 2.83. The van der Waals surface area contributed by atoms with Gasteiger partial charge in [0, 0.05) is 31.8 Å². The smallest absolute Gasteiger partial charge is 0.167 e. The van der Waals surface area contributed by atoms with Crippen molar-refractivity contribution in [3.05, 3.63) is 17.9 Å². The summed E-state index contributed by atoms with van der Waals surface area (Å²) in [6.45, 7) is 9.21. The quantitative estimate of drug-likeness (QED) is 0.749. The van der Waals surface area contributed by atoms with Crippen LogP contribution >= 0.6 is 0 Å². The summed E-state index contributed by atoms with van der Waals surface area (Å²) in [7, 11) is 4.07. The second-order valence-electron chi connectivity index (χ2n) is 5.92. The largest absolute Gasteiger partial charge is 0.491 e. The summed E-state index contributed by atoms with van der Waals surface area (Å²) >= 11 is 0. The van der Waals surface area contributed by atoms with Gasteiger partial charge >= 0.3 is 0 Å². The van der Waals surface area contributed by atoms with E-state index in [-0.39, 0.29) is 5.75 Å². The molecule has 0 aliphatic heterocycles. The van der Waals surface area contributed by atoms with Crippen LogP contribution in [0.5, 0.6) is 5.75 Å². The van der Waals surface area contributed by atoms with Gasteiger partial charge < -0.3 is 20.3 Å². The molecule has 0 spiro atoms. The summed E-state index contributed by atoms with van der Waals surface area (Å²) in [5.74, 6) is 0.350. The molecule has 0 unspecified atom stereocenters. The van der Waals surface area contributed by atoms with Crippen molar-refractivity contribution in [1.29, 1.82) is 0 Å². The Morgan fingerprint density at radius 2 is 1.90 bits per heavy atom. The number of hydrogen-bond donors (Lipinski definition) is 1. The van der Waals surface area contributed by atoms with E-state index < -0.39 is 5.82 Å².